The van der Waals surface area contributed by atoms with Crippen molar-refractivity contribution in [2.75, 3.05) is 24.5 Å². The van der Waals surface area contributed by atoms with Gasteiger partial charge in [-0.2, -0.15) is 0 Å². The molecule has 0 aliphatic carbocycles. The third-order valence-corrected chi connectivity index (χ3v) is 3.16. The molecule has 0 bridgehead atoms. The molecule has 2 aromatic rings. The summed E-state index contributed by atoms with van der Waals surface area (Å²) in [5.41, 5.74) is 5.95. The van der Waals surface area contributed by atoms with E-state index in [1.165, 1.54) is 11.9 Å². The summed E-state index contributed by atoms with van der Waals surface area (Å²) in [4.78, 5) is 10.3. The van der Waals surface area contributed by atoms with Crippen molar-refractivity contribution < 1.29 is 4.74 Å². The summed E-state index contributed by atoms with van der Waals surface area (Å²) in [6, 6.07) is 6.25. The average molecular weight is 273 g/mol. The summed E-state index contributed by atoms with van der Waals surface area (Å²) in [6.07, 6.45) is 1.45. The Hall–Kier alpha value is -2.34. The van der Waals surface area contributed by atoms with Gasteiger partial charge in [0.25, 0.3) is 0 Å². The lowest BCUT2D eigenvalue weighted by atomic mass is 10.1. The fraction of sp³-hybridized carbons (Fsp3) is 0.286. The summed E-state index contributed by atoms with van der Waals surface area (Å²) < 4.78 is 5.36. The van der Waals surface area contributed by atoms with Crippen LogP contribution in [-0.2, 0) is 0 Å². The number of nitrogens with two attached hydrogens (primary N) is 1. The van der Waals surface area contributed by atoms with Crippen LogP contribution in [0.5, 0.6) is 5.75 Å². The van der Waals surface area contributed by atoms with Gasteiger partial charge in [-0.1, -0.05) is 17.7 Å². The van der Waals surface area contributed by atoms with E-state index in [0.717, 1.165) is 11.3 Å². The van der Waals surface area contributed by atoms with Crippen LogP contribution in [0.1, 0.15) is 11.1 Å². The number of hydrogen-bond donors (Lipinski definition) is 2. The van der Waals surface area contributed by atoms with Crippen LogP contribution in [0.3, 0.4) is 0 Å². The molecule has 0 saturated heterocycles. The van der Waals surface area contributed by atoms with Crippen molar-refractivity contribution in [1.29, 1.82) is 0 Å². The quantitative estimate of drug-likeness (QED) is 0.656. The molecule has 6 heteroatoms. The largest absolute Gasteiger partial charge is 0.490 e. The van der Waals surface area contributed by atoms with Gasteiger partial charge in [-0.25, -0.2) is 15.8 Å². The van der Waals surface area contributed by atoms with Gasteiger partial charge in [-0.05, 0) is 25.5 Å². The maximum atomic E-state index is 5.44. The van der Waals surface area contributed by atoms with Gasteiger partial charge in [0, 0.05) is 12.7 Å². The third kappa shape index (κ3) is 2.50. The molecule has 0 spiro atoms. The highest BCUT2D eigenvalue weighted by Gasteiger charge is 2.17. The first kappa shape index (κ1) is 14.1. The Morgan fingerprint density at radius 2 is 2.00 bits per heavy atom. The van der Waals surface area contributed by atoms with Crippen molar-refractivity contribution in [1.82, 2.24) is 9.97 Å². The van der Waals surface area contributed by atoms with E-state index in [0.29, 0.717) is 17.4 Å². The Labute approximate surface area is 118 Å². The van der Waals surface area contributed by atoms with Gasteiger partial charge in [0.05, 0.1) is 7.11 Å². The number of nitrogen functional groups attached to an aromatic ring is 1. The Kier molecular flexibility index (Phi) is 4.05. The number of aromatic nitrogens is 2. The predicted octanol–water partition coefficient (Wildman–Crippen LogP) is 2.16. The second-order valence-electron chi connectivity index (χ2n) is 4.57. The molecule has 20 heavy (non-hydrogen) atoms. The Balaban J connectivity index is 2.50. The van der Waals surface area contributed by atoms with Crippen molar-refractivity contribution >= 4 is 17.3 Å². The van der Waals surface area contributed by atoms with Crippen LogP contribution < -0.4 is 20.9 Å². The number of ether oxygens (including phenoxy) is 1. The maximum Gasteiger partial charge on any atom is 0.206 e. The molecular weight excluding hydrogens is 254 g/mol. The number of rotatable bonds is 4. The number of benzene rings is 1. The van der Waals surface area contributed by atoms with Crippen LogP contribution in [0, 0.1) is 13.8 Å². The summed E-state index contributed by atoms with van der Waals surface area (Å²) in [5.74, 6) is 7.06. The van der Waals surface area contributed by atoms with Crippen LogP contribution in [0.15, 0.2) is 24.5 Å². The number of nitrogens with one attached hydrogen (secondary N) is 1. The van der Waals surface area contributed by atoms with Gasteiger partial charge in [0.1, 0.15) is 6.33 Å². The van der Waals surface area contributed by atoms with Crippen LogP contribution in [0.2, 0.25) is 0 Å². The maximum absolute atomic E-state index is 5.44. The first-order chi connectivity index (χ1) is 9.58. The average Bonchev–Trinajstić information content (AvgIpc) is 2.45. The molecular formula is C14H19N5O. The lowest BCUT2D eigenvalue weighted by Crippen LogP contribution is -2.17. The summed E-state index contributed by atoms with van der Waals surface area (Å²) in [5, 5.41) is 0. The van der Waals surface area contributed by atoms with E-state index < -0.39 is 0 Å². The number of hydrogen-bond acceptors (Lipinski definition) is 6. The smallest absolute Gasteiger partial charge is 0.206 e. The minimum absolute atomic E-state index is 0.453. The third-order valence-electron chi connectivity index (χ3n) is 3.16. The number of anilines is 3. The first-order valence-electron chi connectivity index (χ1n) is 6.25. The Bertz CT molecular complexity index is 615. The summed E-state index contributed by atoms with van der Waals surface area (Å²) in [7, 11) is 3.50. The van der Waals surface area contributed by atoms with E-state index in [4.69, 9.17) is 10.6 Å². The molecule has 0 saturated carbocycles. The molecule has 0 radical (unpaired) electrons. The zero-order valence-corrected chi connectivity index (χ0v) is 12.1. The van der Waals surface area contributed by atoms with Gasteiger partial charge < -0.3 is 15.1 Å². The molecule has 0 amide bonds. The number of hydrazine groups is 1. The molecule has 1 heterocycles. The van der Waals surface area contributed by atoms with Crippen LogP contribution in [0.4, 0.5) is 17.3 Å². The van der Waals surface area contributed by atoms with Crippen molar-refractivity contribution in [3.8, 4) is 5.75 Å². The highest BCUT2D eigenvalue weighted by molar-refractivity contribution is 5.72. The molecule has 6 nitrogen and oxygen atoms in total. The Morgan fingerprint density at radius 3 is 2.60 bits per heavy atom. The minimum Gasteiger partial charge on any atom is -0.490 e. The molecule has 1 aromatic heterocycles. The zero-order valence-electron chi connectivity index (χ0n) is 12.1. The van der Waals surface area contributed by atoms with Crippen LogP contribution in [0.25, 0.3) is 0 Å². The van der Waals surface area contributed by atoms with Gasteiger partial charge in [-0.3, -0.25) is 0 Å². The van der Waals surface area contributed by atoms with Crippen molar-refractivity contribution in [2.45, 2.75) is 13.8 Å². The fourth-order valence-corrected chi connectivity index (χ4v) is 2.19. The van der Waals surface area contributed by atoms with E-state index in [2.05, 4.69) is 47.4 Å². The van der Waals surface area contributed by atoms with Crippen molar-refractivity contribution in [3.05, 3.63) is 35.7 Å². The minimum atomic E-state index is 0.453. The van der Waals surface area contributed by atoms with E-state index in [1.54, 1.807) is 7.11 Å². The van der Waals surface area contributed by atoms with Crippen molar-refractivity contribution in [2.24, 2.45) is 5.84 Å². The monoisotopic (exact) mass is 273 g/mol. The zero-order chi connectivity index (χ0) is 14.7. The first-order valence-corrected chi connectivity index (χ1v) is 6.25. The topological polar surface area (TPSA) is 76.3 Å². The van der Waals surface area contributed by atoms with E-state index in [-0.39, 0.29) is 0 Å². The number of aryl methyl sites for hydroxylation is 2. The van der Waals surface area contributed by atoms with Crippen LogP contribution >= 0.6 is 0 Å². The second-order valence-corrected chi connectivity index (χ2v) is 4.57. The fourth-order valence-electron chi connectivity index (χ4n) is 2.19. The highest BCUT2D eigenvalue weighted by atomic mass is 16.5. The second kappa shape index (κ2) is 5.75. The normalized spacial score (nSPS) is 10.2. The standard InChI is InChI=1S/C14H19N5O/c1-9-5-6-11(10(2)7-9)19(3)14-12(20-4)13(18-15)16-8-17-14/h5-8H,15H2,1-4H3,(H,16,17,18). The van der Waals surface area contributed by atoms with E-state index >= 15 is 0 Å². The molecule has 106 valence electrons. The van der Waals surface area contributed by atoms with Gasteiger partial charge in [-0.15, -0.1) is 0 Å². The predicted molar refractivity (Wildman–Crippen MR) is 80.4 cm³/mol. The van der Waals surface area contributed by atoms with Crippen LogP contribution in [-0.4, -0.2) is 24.1 Å². The lowest BCUT2D eigenvalue weighted by Gasteiger charge is -2.23. The summed E-state index contributed by atoms with van der Waals surface area (Å²) >= 11 is 0. The molecule has 0 aliphatic heterocycles. The molecule has 0 atom stereocenters. The molecule has 1 aromatic carbocycles. The SMILES string of the molecule is COc1c(NN)ncnc1N(C)c1ccc(C)cc1C. The number of methoxy groups -OCH3 is 1. The molecule has 3 N–H and O–H groups in total. The molecule has 0 fully saturated rings. The van der Waals surface area contributed by atoms with Gasteiger partial charge >= 0.3 is 0 Å². The Morgan fingerprint density at radius 1 is 1.25 bits per heavy atom. The van der Waals surface area contributed by atoms with E-state index in [9.17, 15) is 0 Å². The molecule has 0 unspecified atom stereocenters. The van der Waals surface area contributed by atoms with Gasteiger partial charge in [0.15, 0.2) is 11.6 Å². The lowest BCUT2D eigenvalue weighted by molar-refractivity contribution is 0.414. The molecule has 0 aliphatic rings. The van der Waals surface area contributed by atoms with Crippen molar-refractivity contribution in [3.63, 3.8) is 0 Å². The van der Waals surface area contributed by atoms with E-state index in [1.807, 2.05) is 11.9 Å². The summed E-state index contributed by atoms with van der Waals surface area (Å²) in [6.45, 7) is 4.13. The van der Waals surface area contributed by atoms with Gasteiger partial charge in [0.2, 0.25) is 5.75 Å². The highest BCUT2D eigenvalue weighted by Crippen LogP contribution is 2.35. The molecule has 2 rings (SSSR count). The number of nitrogens with zero attached hydrogens (tertiary/aromatic N) is 3.